The van der Waals surface area contributed by atoms with Crippen molar-refractivity contribution < 1.29 is 23.1 Å². The molecular formula is C17H14BrF2NO3. The first-order valence-corrected chi connectivity index (χ1v) is 7.78. The number of ether oxygens (including phenoxy) is 1. The number of carbonyl (C=O) groups is 2. The molecule has 126 valence electrons. The van der Waals surface area contributed by atoms with Crippen LogP contribution in [0.4, 0.5) is 8.78 Å². The van der Waals surface area contributed by atoms with Gasteiger partial charge in [0.05, 0.1) is 12.7 Å². The molecule has 0 saturated carbocycles. The summed E-state index contributed by atoms with van der Waals surface area (Å²) in [7, 11) is 1.20. The molecule has 1 amide bonds. The van der Waals surface area contributed by atoms with Crippen LogP contribution in [-0.2, 0) is 16.0 Å². The first-order valence-electron chi connectivity index (χ1n) is 6.99. The predicted molar refractivity (Wildman–Crippen MR) is 87.5 cm³/mol. The molecule has 0 bridgehead atoms. The second kappa shape index (κ2) is 8.01. The number of nitrogens with one attached hydrogen (secondary N) is 1. The van der Waals surface area contributed by atoms with Crippen LogP contribution in [0.25, 0.3) is 0 Å². The molecule has 0 aliphatic rings. The van der Waals surface area contributed by atoms with Gasteiger partial charge in [0.2, 0.25) is 0 Å². The van der Waals surface area contributed by atoms with E-state index in [9.17, 15) is 18.4 Å². The van der Waals surface area contributed by atoms with Gasteiger partial charge in [0.1, 0.15) is 17.7 Å². The van der Waals surface area contributed by atoms with Crippen molar-refractivity contribution in [1.29, 1.82) is 0 Å². The molecule has 0 heterocycles. The van der Waals surface area contributed by atoms with E-state index in [4.69, 9.17) is 0 Å². The lowest BCUT2D eigenvalue weighted by atomic mass is 10.1. The molecule has 0 unspecified atom stereocenters. The van der Waals surface area contributed by atoms with Gasteiger partial charge < -0.3 is 10.1 Å². The van der Waals surface area contributed by atoms with Crippen LogP contribution >= 0.6 is 15.9 Å². The van der Waals surface area contributed by atoms with Crippen LogP contribution < -0.4 is 5.32 Å². The lowest BCUT2D eigenvalue weighted by molar-refractivity contribution is -0.142. The van der Waals surface area contributed by atoms with Gasteiger partial charge in [-0.05, 0) is 29.8 Å². The SMILES string of the molecule is COC(=O)[C@@H](Cc1ccc(Br)cc1)NC(=O)c1ccc(F)cc1F. The first kappa shape index (κ1) is 18.1. The van der Waals surface area contributed by atoms with Gasteiger partial charge in [-0.3, -0.25) is 4.79 Å². The molecule has 0 aromatic heterocycles. The summed E-state index contributed by atoms with van der Waals surface area (Å²) in [6, 6.07) is 8.77. The van der Waals surface area contributed by atoms with Crippen molar-refractivity contribution >= 4 is 27.8 Å². The Bertz CT molecular complexity index is 750. The summed E-state index contributed by atoms with van der Waals surface area (Å²) < 4.78 is 32.2. The van der Waals surface area contributed by atoms with Crippen molar-refractivity contribution in [3.63, 3.8) is 0 Å². The Morgan fingerprint density at radius 3 is 2.42 bits per heavy atom. The largest absolute Gasteiger partial charge is 0.467 e. The molecule has 1 N–H and O–H groups in total. The summed E-state index contributed by atoms with van der Waals surface area (Å²) in [6.07, 6.45) is 0.175. The summed E-state index contributed by atoms with van der Waals surface area (Å²) in [5, 5.41) is 2.42. The van der Waals surface area contributed by atoms with E-state index in [1.807, 2.05) is 0 Å². The van der Waals surface area contributed by atoms with Crippen LogP contribution in [0.15, 0.2) is 46.9 Å². The highest BCUT2D eigenvalue weighted by molar-refractivity contribution is 9.10. The maximum Gasteiger partial charge on any atom is 0.328 e. The van der Waals surface area contributed by atoms with Crippen LogP contribution in [0, 0.1) is 11.6 Å². The fraction of sp³-hybridized carbons (Fsp3) is 0.176. The minimum atomic E-state index is -1.00. The predicted octanol–water partition coefficient (Wildman–Crippen LogP) is 3.24. The van der Waals surface area contributed by atoms with Crippen molar-refractivity contribution in [2.45, 2.75) is 12.5 Å². The minimum Gasteiger partial charge on any atom is -0.467 e. The Hall–Kier alpha value is -2.28. The normalized spacial score (nSPS) is 11.7. The molecular weight excluding hydrogens is 384 g/mol. The third kappa shape index (κ3) is 4.61. The molecule has 24 heavy (non-hydrogen) atoms. The van der Waals surface area contributed by atoms with Crippen molar-refractivity contribution in [2.75, 3.05) is 7.11 Å². The minimum absolute atomic E-state index is 0.175. The molecule has 0 fully saturated rings. The lowest BCUT2D eigenvalue weighted by Crippen LogP contribution is -2.43. The molecule has 2 aromatic rings. The van der Waals surface area contributed by atoms with Gasteiger partial charge >= 0.3 is 5.97 Å². The van der Waals surface area contributed by atoms with Gasteiger partial charge in [-0.15, -0.1) is 0 Å². The summed E-state index contributed by atoms with van der Waals surface area (Å²) in [4.78, 5) is 24.1. The van der Waals surface area contributed by atoms with Crippen LogP contribution in [0.1, 0.15) is 15.9 Å². The number of methoxy groups -OCH3 is 1. The number of hydrogen-bond donors (Lipinski definition) is 1. The molecule has 0 spiro atoms. The summed E-state index contributed by atoms with van der Waals surface area (Å²) >= 11 is 3.31. The third-order valence-corrected chi connectivity index (χ3v) is 3.85. The molecule has 0 aliphatic heterocycles. The van der Waals surface area contributed by atoms with Crippen molar-refractivity contribution in [3.05, 3.63) is 69.7 Å². The molecule has 1 atom stereocenters. The molecule has 0 aliphatic carbocycles. The van der Waals surface area contributed by atoms with Gasteiger partial charge in [0.25, 0.3) is 5.91 Å². The van der Waals surface area contributed by atoms with Crippen LogP contribution in [0.5, 0.6) is 0 Å². The Morgan fingerprint density at radius 1 is 1.17 bits per heavy atom. The van der Waals surface area contributed by atoms with Gasteiger partial charge in [-0.2, -0.15) is 0 Å². The highest BCUT2D eigenvalue weighted by Gasteiger charge is 2.24. The van der Waals surface area contributed by atoms with E-state index >= 15 is 0 Å². The smallest absolute Gasteiger partial charge is 0.328 e. The Kier molecular flexibility index (Phi) is 6.03. The van der Waals surface area contributed by atoms with Crippen molar-refractivity contribution in [3.8, 4) is 0 Å². The Morgan fingerprint density at radius 2 is 1.83 bits per heavy atom. The zero-order valence-electron chi connectivity index (χ0n) is 12.7. The zero-order chi connectivity index (χ0) is 17.7. The Labute approximate surface area is 145 Å². The lowest BCUT2D eigenvalue weighted by Gasteiger charge is -2.17. The van der Waals surface area contributed by atoms with E-state index in [1.165, 1.54) is 7.11 Å². The topological polar surface area (TPSA) is 55.4 Å². The number of carbonyl (C=O) groups excluding carboxylic acids is 2. The second-order valence-electron chi connectivity index (χ2n) is 5.00. The van der Waals surface area contributed by atoms with Crippen LogP contribution in [0.2, 0.25) is 0 Å². The molecule has 0 saturated heterocycles. The van der Waals surface area contributed by atoms with E-state index in [2.05, 4.69) is 26.0 Å². The van der Waals surface area contributed by atoms with Crippen LogP contribution in [-0.4, -0.2) is 25.0 Å². The van der Waals surface area contributed by atoms with Gasteiger partial charge in [0, 0.05) is 17.0 Å². The van der Waals surface area contributed by atoms with Gasteiger partial charge in [0.15, 0.2) is 0 Å². The number of amides is 1. The number of benzene rings is 2. The third-order valence-electron chi connectivity index (χ3n) is 3.32. The summed E-state index contributed by atoms with van der Waals surface area (Å²) in [5.74, 6) is -3.27. The van der Waals surface area contributed by atoms with E-state index in [0.29, 0.717) is 6.07 Å². The zero-order valence-corrected chi connectivity index (χ0v) is 14.3. The molecule has 0 radical (unpaired) electrons. The van der Waals surface area contributed by atoms with E-state index in [1.54, 1.807) is 24.3 Å². The van der Waals surface area contributed by atoms with E-state index in [-0.39, 0.29) is 12.0 Å². The van der Waals surface area contributed by atoms with Gasteiger partial charge in [-0.1, -0.05) is 28.1 Å². The standard InChI is InChI=1S/C17H14BrF2NO3/c1-24-17(23)15(8-10-2-4-11(18)5-3-10)21-16(22)13-7-6-12(19)9-14(13)20/h2-7,9,15H,8H2,1H3,(H,21,22)/t15-/m1/s1. The maximum atomic E-state index is 13.7. The average molecular weight is 398 g/mol. The second-order valence-corrected chi connectivity index (χ2v) is 5.92. The van der Waals surface area contributed by atoms with Gasteiger partial charge in [-0.25, -0.2) is 13.6 Å². The number of hydrogen-bond acceptors (Lipinski definition) is 3. The average Bonchev–Trinajstić information content (AvgIpc) is 2.55. The van der Waals surface area contributed by atoms with Crippen LogP contribution in [0.3, 0.4) is 0 Å². The number of esters is 1. The van der Waals surface area contributed by atoms with Crippen molar-refractivity contribution in [1.82, 2.24) is 5.32 Å². The fourth-order valence-corrected chi connectivity index (χ4v) is 2.37. The quantitative estimate of drug-likeness (QED) is 0.787. The molecule has 7 heteroatoms. The Balaban J connectivity index is 2.17. The fourth-order valence-electron chi connectivity index (χ4n) is 2.10. The van der Waals surface area contributed by atoms with Crippen molar-refractivity contribution in [2.24, 2.45) is 0 Å². The molecule has 4 nitrogen and oxygen atoms in total. The number of halogens is 3. The molecule has 2 rings (SSSR count). The summed E-state index contributed by atoms with van der Waals surface area (Å²) in [6.45, 7) is 0. The maximum absolute atomic E-state index is 13.7. The first-order chi connectivity index (χ1) is 11.4. The van der Waals surface area contributed by atoms with E-state index < -0.39 is 29.6 Å². The highest BCUT2D eigenvalue weighted by atomic mass is 79.9. The number of rotatable bonds is 5. The van der Waals surface area contributed by atoms with E-state index in [0.717, 1.165) is 22.2 Å². The monoisotopic (exact) mass is 397 g/mol. The molecule has 2 aromatic carbocycles. The summed E-state index contributed by atoms with van der Waals surface area (Å²) in [5.41, 5.74) is 0.439. The highest BCUT2D eigenvalue weighted by Crippen LogP contribution is 2.14.